The zero-order valence-electron chi connectivity index (χ0n) is 51.5. The molecule has 0 radical (unpaired) electrons. The molecule has 0 aromatic heterocycles. The average Bonchev–Trinajstić information content (AvgIpc) is 3.41. The fourth-order valence-corrected chi connectivity index (χ4v) is 10.5. The third-order valence-corrected chi connectivity index (χ3v) is 16.1. The Morgan fingerprint density at radius 2 is 0.637 bits per heavy atom. The minimum atomic E-state index is -4.94. The second-order valence-electron chi connectivity index (χ2n) is 23.3. The maximum absolute atomic E-state index is 12.9. The normalized spacial score (nSPS) is 14.8. The molecular weight excluding hydrogens is 1070 g/mol. The van der Waals surface area contributed by atoms with E-state index in [-0.39, 0.29) is 25.7 Å². The highest BCUT2D eigenvalue weighted by atomic mass is 31.2. The summed E-state index contributed by atoms with van der Waals surface area (Å²) < 4.78 is 67.8. The number of ether oxygens (including phenoxy) is 4. The Labute approximate surface area is 486 Å². The predicted octanol–water partition coefficient (Wildman–Crippen LogP) is 16.3. The lowest BCUT2D eigenvalue weighted by atomic mass is 10.00. The van der Waals surface area contributed by atoms with Crippen molar-refractivity contribution in [2.45, 2.75) is 311 Å². The Balaban J connectivity index is 5.24. The molecule has 3 unspecified atom stereocenters. The Morgan fingerprint density at radius 1 is 0.362 bits per heavy atom. The molecule has 19 heteroatoms. The predicted molar refractivity (Wildman–Crippen MR) is 317 cm³/mol. The molecule has 0 bridgehead atoms. The zero-order chi connectivity index (χ0) is 59.5. The van der Waals surface area contributed by atoms with Gasteiger partial charge in [0.25, 0.3) is 0 Å². The van der Waals surface area contributed by atoms with Crippen molar-refractivity contribution in [1.82, 2.24) is 0 Å². The lowest BCUT2D eigenvalue weighted by Gasteiger charge is -2.21. The molecule has 80 heavy (non-hydrogen) atoms. The molecular formula is C61H118O17P2. The summed E-state index contributed by atoms with van der Waals surface area (Å²) in [5.74, 6) is 0.00526. The first kappa shape index (κ1) is 78.1. The number of hydrogen-bond donors (Lipinski definition) is 3. The molecule has 0 aliphatic rings. The molecule has 0 rings (SSSR count). The van der Waals surface area contributed by atoms with Gasteiger partial charge in [0, 0.05) is 25.7 Å². The molecule has 0 aliphatic heterocycles. The third kappa shape index (κ3) is 54.0. The topological polar surface area (TPSA) is 237 Å². The Kier molecular flexibility index (Phi) is 51.3. The van der Waals surface area contributed by atoms with Crippen LogP contribution in [-0.2, 0) is 65.4 Å². The van der Waals surface area contributed by atoms with Crippen LogP contribution in [0.15, 0.2) is 0 Å². The summed E-state index contributed by atoms with van der Waals surface area (Å²) in [6.45, 7) is 11.6. The summed E-state index contributed by atoms with van der Waals surface area (Å²) in [5.41, 5.74) is 0. The second-order valence-corrected chi connectivity index (χ2v) is 26.2. The molecule has 0 aromatic rings. The Hall–Kier alpha value is -1.94. The number of unbranched alkanes of at least 4 members (excludes halogenated alkanes) is 26. The summed E-state index contributed by atoms with van der Waals surface area (Å²) in [7, 11) is -9.88. The number of carbonyl (C=O) groups is 4. The number of esters is 4. The number of aliphatic hydroxyl groups is 1. The van der Waals surface area contributed by atoms with E-state index >= 15 is 0 Å². The van der Waals surface area contributed by atoms with Crippen LogP contribution in [0.4, 0.5) is 0 Å². The van der Waals surface area contributed by atoms with E-state index in [1.165, 1.54) is 89.9 Å². The van der Waals surface area contributed by atoms with Crippen LogP contribution in [0.3, 0.4) is 0 Å². The van der Waals surface area contributed by atoms with Crippen LogP contribution in [-0.4, -0.2) is 96.7 Å². The quantitative estimate of drug-likeness (QED) is 0.0222. The minimum Gasteiger partial charge on any atom is -0.462 e. The van der Waals surface area contributed by atoms with Gasteiger partial charge in [0.05, 0.1) is 26.4 Å². The van der Waals surface area contributed by atoms with Crippen molar-refractivity contribution in [1.29, 1.82) is 0 Å². The summed E-state index contributed by atoms with van der Waals surface area (Å²) in [4.78, 5) is 72.0. The van der Waals surface area contributed by atoms with E-state index in [4.69, 9.17) is 37.0 Å². The Bertz CT molecular complexity index is 1600. The molecule has 17 nitrogen and oxygen atoms in total. The summed E-state index contributed by atoms with van der Waals surface area (Å²) in [6, 6.07) is 0. The lowest BCUT2D eigenvalue weighted by Crippen LogP contribution is -2.30. The number of phosphoric acid groups is 2. The monoisotopic (exact) mass is 1180 g/mol. The first-order valence-corrected chi connectivity index (χ1v) is 34.9. The first-order valence-electron chi connectivity index (χ1n) is 31.9. The van der Waals surface area contributed by atoms with Crippen LogP contribution >= 0.6 is 15.6 Å². The summed E-state index contributed by atoms with van der Waals surface area (Å²) >= 11 is 0. The van der Waals surface area contributed by atoms with Gasteiger partial charge in [-0.15, -0.1) is 0 Å². The number of hydrogen-bond acceptors (Lipinski definition) is 15. The minimum absolute atomic E-state index is 0.101. The van der Waals surface area contributed by atoms with Gasteiger partial charge in [-0.25, -0.2) is 9.13 Å². The molecule has 3 N–H and O–H groups in total. The summed E-state index contributed by atoms with van der Waals surface area (Å²) in [6.07, 6.45) is 32.3. The van der Waals surface area contributed by atoms with Gasteiger partial charge in [-0.1, -0.05) is 241 Å². The molecule has 0 spiro atoms. The van der Waals surface area contributed by atoms with Gasteiger partial charge < -0.3 is 33.8 Å². The van der Waals surface area contributed by atoms with Gasteiger partial charge in [0.2, 0.25) is 0 Å². The van der Waals surface area contributed by atoms with E-state index in [0.717, 1.165) is 115 Å². The van der Waals surface area contributed by atoms with Crippen LogP contribution in [0, 0.1) is 17.8 Å². The van der Waals surface area contributed by atoms with Crippen molar-refractivity contribution in [3.63, 3.8) is 0 Å². The van der Waals surface area contributed by atoms with Crippen molar-refractivity contribution in [3.05, 3.63) is 0 Å². The van der Waals surface area contributed by atoms with Crippen LogP contribution in [0.25, 0.3) is 0 Å². The third-order valence-electron chi connectivity index (χ3n) is 14.2. The zero-order valence-corrected chi connectivity index (χ0v) is 53.3. The van der Waals surface area contributed by atoms with E-state index in [2.05, 4.69) is 48.5 Å². The largest absolute Gasteiger partial charge is 0.472 e. The highest BCUT2D eigenvalue weighted by Gasteiger charge is 2.30. The number of carbonyl (C=O) groups excluding carboxylic acids is 4. The van der Waals surface area contributed by atoms with Crippen LogP contribution in [0.5, 0.6) is 0 Å². The Morgan fingerprint density at radius 3 is 0.950 bits per heavy atom. The first-order chi connectivity index (χ1) is 38.3. The number of phosphoric ester groups is 2. The fraction of sp³-hybridized carbons (Fsp3) is 0.934. The molecule has 0 saturated heterocycles. The summed E-state index contributed by atoms with van der Waals surface area (Å²) in [5, 5.41) is 10.5. The van der Waals surface area contributed by atoms with Gasteiger partial charge in [-0.05, 0) is 43.4 Å². The maximum atomic E-state index is 12.9. The van der Waals surface area contributed by atoms with Gasteiger partial charge in [0.15, 0.2) is 12.2 Å². The number of aliphatic hydroxyl groups excluding tert-OH is 1. The lowest BCUT2D eigenvalue weighted by molar-refractivity contribution is -0.161. The average molecular weight is 1190 g/mol. The highest BCUT2D eigenvalue weighted by molar-refractivity contribution is 7.47. The maximum Gasteiger partial charge on any atom is 0.472 e. The standard InChI is InChI=1S/C61H118O17P2/c1-8-10-11-12-13-19-28-35-42-58(63)71-48-57(78-61(66)45-38-31-23-21-26-33-40-53(5)6)51-76-80(69,70)74-47-55(62)46-73-79(67,68)75-50-56(49-72-59(64)43-36-29-24-22-27-34-41-54(7)9-2)77-60(65)44-37-30-20-17-15-14-16-18-25-32-39-52(3)4/h52-57,62H,8-51H2,1-7H3,(H,67,68)(H,69,70)/t54?,55-,56-,57-/m1/s1. The molecule has 0 amide bonds. The molecule has 6 atom stereocenters. The molecule has 0 aromatic carbocycles. The SMILES string of the molecule is CCCCCCCCCCC(=O)OC[C@H](COP(=O)(O)OC[C@H](O)COP(=O)(O)OC[C@@H](COC(=O)CCCCCCCCC(C)CC)OC(=O)CCCCCCCCCCCCC(C)C)OC(=O)CCCCCCCCC(C)C. The number of rotatable bonds is 59. The molecule has 0 fully saturated rings. The van der Waals surface area contributed by atoms with E-state index in [9.17, 15) is 43.2 Å². The van der Waals surface area contributed by atoms with Crippen molar-refractivity contribution < 1.29 is 80.2 Å². The van der Waals surface area contributed by atoms with Gasteiger partial charge in [-0.3, -0.25) is 37.3 Å². The van der Waals surface area contributed by atoms with Crippen LogP contribution < -0.4 is 0 Å². The second kappa shape index (κ2) is 52.6. The van der Waals surface area contributed by atoms with Crippen LogP contribution in [0.2, 0.25) is 0 Å². The highest BCUT2D eigenvalue weighted by Crippen LogP contribution is 2.45. The van der Waals surface area contributed by atoms with E-state index < -0.39 is 97.5 Å². The smallest absolute Gasteiger partial charge is 0.462 e. The van der Waals surface area contributed by atoms with Crippen LogP contribution in [0.1, 0.15) is 292 Å². The molecule has 0 heterocycles. The molecule has 0 saturated carbocycles. The van der Waals surface area contributed by atoms with Gasteiger partial charge in [0.1, 0.15) is 19.3 Å². The van der Waals surface area contributed by atoms with E-state index in [0.29, 0.717) is 31.6 Å². The van der Waals surface area contributed by atoms with Crippen molar-refractivity contribution in [2.24, 2.45) is 17.8 Å². The molecule has 474 valence electrons. The van der Waals surface area contributed by atoms with Crippen molar-refractivity contribution in [3.8, 4) is 0 Å². The van der Waals surface area contributed by atoms with Gasteiger partial charge >= 0.3 is 39.5 Å². The van der Waals surface area contributed by atoms with E-state index in [1.54, 1.807) is 0 Å². The fourth-order valence-electron chi connectivity index (χ4n) is 8.92. The van der Waals surface area contributed by atoms with Gasteiger partial charge in [-0.2, -0.15) is 0 Å². The van der Waals surface area contributed by atoms with E-state index in [1.807, 2.05) is 0 Å². The van der Waals surface area contributed by atoms with Crippen molar-refractivity contribution >= 4 is 39.5 Å². The molecule has 0 aliphatic carbocycles. The van der Waals surface area contributed by atoms with Crippen molar-refractivity contribution in [2.75, 3.05) is 39.6 Å².